The van der Waals surface area contributed by atoms with Crippen molar-refractivity contribution < 1.29 is 32.3 Å². The maximum absolute atomic E-state index is 11.6. The summed E-state index contributed by atoms with van der Waals surface area (Å²) < 4.78 is 35.9. The molecule has 0 bridgehead atoms. The third kappa shape index (κ3) is 18.1. The minimum atomic E-state index is -4.73. The van der Waals surface area contributed by atoms with E-state index in [1.165, 1.54) is 16.7 Å². The lowest BCUT2D eigenvalue weighted by Gasteiger charge is -2.14. The molecule has 2 unspecified atom stereocenters. The van der Waals surface area contributed by atoms with Gasteiger partial charge in [-0.05, 0) is 73.1 Å². The van der Waals surface area contributed by atoms with E-state index >= 15 is 0 Å². The molecule has 0 aliphatic rings. The van der Waals surface area contributed by atoms with Crippen LogP contribution < -0.4 is 0 Å². The quantitative estimate of drug-likeness (QED) is 0.135. The van der Waals surface area contributed by atoms with Crippen molar-refractivity contribution in [3.05, 3.63) is 59.4 Å². The summed E-state index contributed by atoms with van der Waals surface area (Å²) in [6, 6.07) is 0. The van der Waals surface area contributed by atoms with E-state index in [2.05, 4.69) is 65.9 Å². The van der Waals surface area contributed by atoms with Gasteiger partial charge in [0.1, 0.15) is 0 Å². The lowest BCUT2D eigenvalue weighted by atomic mass is 10.0. The SMILES string of the molecule is C=COP(=O)(O)OP(=O)(O)OCC=C(C)CCC=C(C)CCC=C(C)CCC=C(C)C. The molecule has 178 valence electrons. The van der Waals surface area contributed by atoms with Crippen LogP contribution in [0.2, 0.25) is 0 Å². The summed E-state index contributed by atoms with van der Waals surface area (Å²) in [6.07, 6.45) is 14.9. The van der Waals surface area contributed by atoms with Crippen molar-refractivity contribution in [3.63, 3.8) is 0 Å². The molecule has 0 aromatic carbocycles. The highest BCUT2D eigenvalue weighted by atomic mass is 31.3. The summed E-state index contributed by atoms with van der Waals surface area (Å²) in [5.41, 5.74) is 5.07. The van der Waals surface area contributed by atoms with Crippen LogP contribution in [0.3, 0.4) is 0 Å². The van der Waals surface area contributed by atoms with Gasteiger partial charge < -0.3 is 9.42 Å². The van der Waals surface area contributed by atoms with Crippen molar-refractivity contribution in [1.29, 1.82) is 0 Å². The first-order valence-corrected chi connectivity index (χ1v) is 13.3. The number of allylic oxidation sites excluding steroid dienone is 7. The molecule has 0 saturated carbocycles. The van der Waals surface area contributed by atoms with Crippen molar-refractivity contribution in [2.24, 2.45) is 0 Å². The van der Waals surface area contributed by atoms with E-state index in [1.54, 1.807) is 6.08 Å². The van der Waals surface area contributed by atoms with E-state index in [1.807, 2.05) is 6.92 Å². The summed E-state index contributed by atoms with van der Waals surface area (Å²) in [6.45, 7) is 13.3. The van der Waals surface area contributed by atoms with Crippen LogP contribution in [-0.4, -0.2) is 16.4 Å². The summed E-state index contributed by atoms with van der Waals surface area (Å²) in [5.74, 6) is 0. The fourth-order valence-electron chi connectivity index (χ4n) is 2.53. The van der Waals surface area contributed by atoms with Crippen LogP contribution in [0.4, 0.5) is 0 Å². The number of hydrogen-bond acceptors (Lipinski definition) is 5. The van der Waals surface area contributed by atoms with Gasteiger partial charge in [-0.1, -0.05) is 53.2 Å². The summed E-state index contributed by atoms with van der Waals surface area (Å²) >= 11 is 0. The molecule has 0 aromatic heterocycles. The average molecular weight is 476 g/mol. The lowest BCUT2D eigenvalue weighted by Crippen LogP contribution is -1.96. The molecule has 0 aliphatic carbocycles. The third-order valence-corrected chi connectivity index (χ3v) is 6.78. The Balaban J connectivity index is 4.28. The molecule has 0 heterocycles. The monoisotopic (exact) mass is 476 g/mol. The third-order valence-electron chi connectivity index (χ3n) is 4.24. The van der Waals surface area contributed by atoms with E-state index in [4.69, 9.17) is 0 Å². The molecule has 0 aromatic rings. The van der Waals surface area contributed by atoms with Crippen LogP contribution in [0, 0.1) is 0 Å². The molecule has 0 radical (unpaired) electrons. The molecule has 0 fully saturated rings. The standard InChI is InChI=1S/C22H38O7P2/c1-7-27-30(23,24)29-31(25,26)28-18-17-22(6)16-10-15-21(5)14-9-13-20(4)12-8-11-19(2)3/h7,11,13,15,17H,1,8-10,12,14,16,18H2,2-6H3,(H,23,24)(H,25,26). The second-order valence-electron chi connectivity index (χ2n) is 7.64. The number of rotatable bonds is 16. The molecular weight excluding hydrogens is 438 g/mol. The Morgan fingerprint density at radius 2 is 1.23 bits per heavy atom. The first kappa shape index (κ1) is 29.8. The lowest BCUT2D eigenvalue weighted by molar-refractivity contribution is 0.186. The van der Waals surface area contributed by atoms with Crippen molar-refractivity contribution in [2.75, 3.05) is 6.61 Å². The second-order valence-corrected chi connectivity index (χ2v) is 10.6. The number of hydrogen-bond donors (Lipinski definition) is 2. The fourth-order valence-corrected chi connectivity index (χ4v) is 4.37. The van der Waals surface area contributed by atoms with Gasteiger partial charge in [0.25, 0.3) is 0 Å². The Hall–Kier alpha value is -1.20. The maximum atomic E-state index is 11.6. The molecule has 2 atom stereocenters. The maximum Gasteiger partial charge on any atom is 0.535 e. The van der Waals surface area contributed by atoms with E-state index in [0.717, 1.165) is 44.1 Å². The Bertz CT molecular complexity index is 775. The van der Waals surface area contributed by atoms with Crippen LogP contribution in [0.5, 0.6) is 0 Å². The molecule has 0 spiro atoms. The molecule has 0 rings (SSSR count). The highest BCUT2D eigenvalue weighted by Crippen LogP contribution is 2.60. The Kier molecular flexibility index (Phi) is 15.0. The van der Waals surface area contributed by atoms with Crippen LogP contribution in [0.25, 0.3) is 0 Å². The van der Waals surface area contributed by atoms with Crippen LogP contribution >= 0.6 is 15.6 Å². The normalized spacial score (nSPS) is 16.9. The highest BCUT2D eigenvalue weighted by Gasteiger charge is 2.35. The van der Waals surface area contributed by atoms with Gasteiger partial charge >= 0.3 is 15.6 Å². The highest BCUT2D eigenvalue weighted by molar-refractivity contribution is 7.61. The minimum absolute atomic E-state index is 0.229. The summed E-state index contributed by atoms with van der Waals surface area (Å²) in [4.78, 5) is 18.6. The molecule has 0 saturated heterocycles. The molecule has 7 nitrogen and oxygen atoms in total. The largest absolute Gasteiger partial charge is 0.535 e. The van der Waals surface area contributed by atoms with Crippen molar-refractivity contribution >= 4 is 15.6 Å². The minimum Gasteiger partial charge on any atom is -0.412 e. The molecule has 0 aliphatic heterocycles. The number of phosphoric ester groups is 2. The van der Waals surface area contributed by atoms with Gasteiger partial charge in [-0.15, -0.1) is 0 Å². The Morgan fingerprint density at radius 1 is 0.774 bits per heavy atom. The van der Waals surface area contributed by atoms with Crippen molar-refractivity contribution in [3.8, 4) is 0 Å². The summed E-state index contributed by atoms with van der Waals surface area (Å²) in [5, 5.41) is 0. The topological polar surface area (TPSA) is 102 Å². The van der Waals surface area contributed by atoms with Crippen LogP contribution in [0.1, 0.15) is 73.1 Å². The van der Waals surface area contributed by atoms with Gasteiger partial charge in [-0.2, -0.15) is 4.31 Å². The van der Waals surface area contributed by atoms with Gasteiger partial charge in [-0.25, -0.2) is 9.13 Å². The molecule has 2 N–H and O–H groups in total. The fraction of sp³-hybridized carbons (Fsp3) is 0.545. The van der Waals surface area contributed by atoms with Crippen LogP contribution in [0.15, 0.2) is 59.4 Å². The predicted octanol–water partition coefficient (Wildman–Crippen LogP) is 7.53. The molecular formula is C22H38O7P2. The second kappa shape index (κ2) is 15.6. The van der Waals surface area contributed by atoms with Gasteiger partial charge in [-0.3, -0.25) is 9.42 Å². The van der Waals surface area contributed by atoms with Crippen LogP contribution in [-0.2, 0) is 22.5 Å². The van der Waals surface area contributed by atoms with E-state index in [9.17, 15) is 18.9 Å². The zero-order valence-electron chi connectivity index (χ0n) is 19.4. The molecule has 9 heteroatoms. The Morgan fingerprint density at radius 3 is 1.68 bits per heavy atom. The average Bonchev–Trinajstić information content (AvgIpc) is 2.60. The number of phosphoric acid groups is 2. The van der Waals surface area contributed by atoms with Gasteiger partial charge in [0.15, 0.2) is 0 Å². The van der Waals surface area contributed by atoms with Gasteiger partial charge in [0.2, 0.25) is 0 Å². The Labute approximate surface area is 187 Å². The predicted molar refractivity (Wildman–Crippen MR) is 126 cm³/mol. The molecule has 31 heavy (non-hydrogen) atoms. The van der Waals surface area contributed by atoms with Crippen molar-refractivity contribution in [1.82, 2.24) is 0 Å². The van der Waals surface area contributed by atoms with E-state index < -0.39 is 15.6 Å². The first-order chi connectivity index (χ1) is 14.4. The van der Waals surface area contributed by atoms with Gasteiger partial charge in [0, 0.05) is 0 Å². The van der Waals surface area contributed by atoms with Crippen molar-refractivity contribution in [2.45, 2.75) is 73.1 Å². The molecule has 0 amide bonds. The van der Waals surface area contributed by atoms with E-state index in [0.29, 0.717) is 6.26 Å². The smallest absolute Gasteiger partial charge is 0.412 e. The van der Waals surface area contributed by atoms with E-state index in [-0.39, 0.29) is 6.61 Å². The zero-order chi connectivity index (χ0) is 23.9. The summed E-state index contributed by atoms with van der Waals surface area (Å²) in [7, 11) is -9.45. The first-order valence-electron chi connectivity index (χ1n) is 10.3. The zero-order valence-corrected chi connectivity index (χ0v) is 21.2. The van der Waals surface area contributed by atoms with Gasteiger partial charge in [0.05, 0.1) is 12.9 Å².